The Hall–Kier alpha value is -10.1. The van der Waals surface area contributed by atoms with E-state index >= 15 is 0 Å². The van der Waals surface area contributed by atoms with Gasteiger partial charge in [-0.3, -0.25) is 24.4 Å². The van der Waals surface area contributed by atoms with Crippen molar-refractivity contribution in [2.24, 2.45) is 0 Å². The summed E-state index contributed by atoms with van der Waals surface area (Å²) in [6.07, 6.45) is 2.13. The standard InChI is InChI=1S/C37H33FN4O3.C32H23FN2O4/c1-40-19-21-41(22-20-40)36(43)31-29-13-8-18-39-33(29)35(45-34(26-9-4-2-5-10-26)27-11-6-3-7-12-27)32-30(31)24-42(37(32)44)23-25-14-16-28(38)17-15-25;33-23-15-13-20(14-16-23)18-35-19-25-26(32(37)38)24-12-7-17-34-28(24)30(27(25)31(35)36)39-29(21-8-3-1-4-9-21)22-10-5-2-6-11-22/h2-18,34H,19-24H2,1H3;1-17,29H,18-19H2,(H,37,38). The summed E-state index contributed by atoms with van der Waals surface area (Å²) in [7, 11) is 2.05. The summed E-state index contributed by atoms with van der Waals surface area (Å²) in [5, 5.41) is 11.3. The molecule has 1 fully saturated rings. The number of hydrogen-bond acceptors (Lipinski definition) is 9. The molecule has 2 aromatic heterocycles. The van der Waals surface area contributed by atoms with Gasteiger partial charge < -0.3 is 34.2 Å². The maximum absolute atomic E-state index is 14.4. The average molecular weight is 1120 g/mol. The van der Waals surface area contributed by atoms with Crippen molar-refractivity contribution in [3.05, 3.63) is 285 Å². The highest BCUT2D eigenvalue weighted by atomic mass is 19.1. The highest BCUT2D eigenvalue weighted by Crippen LogP contribution is 2.46. The smallest absolute Gasteiger partial charge is 0.336 e. The second-order valence-electron chi connectivity index (χ2n) is 21.0. The summed E-state index contributed by atoms with van der Waals surface area (Å²) >= 11 is 0. The van der Waals surface area contributed by atoms with E-state index in [4.69, 9.17) is 14.5 Å². The van der Waals surface area contributed by atoms with Crippen LogP contribution < -0.4 is 9.47 Å². The second kappa shape index (κ2) is 23.8. The van der Waals surface area contributed by atoms with Gasteiger partial charge >= 0.3 is 5.97 Å². The monoisotopic (exact) mass is 1120 g/mol. The van der Waals surface area contributed by atoms with Crippen molar-refractivity contribution >= 4 is 45.5 Å². The van der Waals surface area contributed by atoms with Crippen LogP contribution in [0.25, 0.3) is 21.8 Å². The van der Waals surface area contributed by atoms with Crippen LogP contribution in [0.4, 0.5) is 8.78 Å². The number of likely N-dealkylation sites (N-methyl/N-ethyl adjacent to an activating group) is 1. The van der Waals surface area contributed by atoms with Gasteiger partial charge in [0.15, 0.2) is 11.5 Å². The lowest BCUT2D eigenvalue weighted by molar-refractivity contribution is 0.0661. The molecule has 3 aliphatic rings. The van der Waals surface area contributed by atoms with Crippen LogP contribution in [0.1, 0.15) is 98.1 Å². The molecule has 418 valence electrons. The number of hydrogen-bond donors (Lipinski definition) is 1. The Morgan fingerprint density at radius 3 is 1.25 bits per heavy atom. The van der Waals surface area contributed by atoms with Crippen LogP contribution in [0.3, 0.4) is 0 Å². The fraction of sp³-hybridized carbons (Fsp3) is 0.159. The Balaban J connectivity index is 0.000000167. The lowest BCUT2D eigenvalue weighted by Gasteiger charge is -2.33. The topological polar surface area (TPSA) is 146 Å². The van der Waals surface area contributed by atoms with Gasteiger partial charge in [0.05, 0.1) is 22.3 Å². The van der Waals surface area contributed by atoms with E-state index in [1.807, 2.05) is 145 Å². The Morgan fingerprint density at radius 2 is 0.869 bits per heavy atom. The first-order chi connectivity index (χ1) is 41.0. The Kier molecular flexibility index (Phi) is 15.4. The van der Waals surface area contributed by atoms with Crippen molar-refractivity contribution in [2.75, 3.05) is 33.2 Å². The molecule has 5 heterocycles. The van der Waals surface area contributed by atoms with Gasteiger partial charge in [-0.25, -0.2) is 13.6 Å². The molecule has 0 atom stereocenters. The lowest BCUT2D eigenvalue weighted by Crippen LogP contribution is -2.47. The molecule has 15 heteroatoms. The third kappa shape index (κ3) is 10.9. The number of fused-ring (bicyclic) bond motifs is 4. The fourth-order valence-corrected chi connectivity index (χ4v) is 11.4. The number of piperazine rings is 1. The minimum absolute atomic E-state index is 0.0337. The van der Waals surface area contributed by atoms with Gasteiger partial charge in [-0.15, -0.1) is 0 Å². The first kappa shape index (κ1) is 54.5. The number of pyridine rings is 2. The van der Waals surface area contributed by atoms with Crippen LogP contribution in [0.5, 0.6) is 11.5 Å². The van der Waals surface area contributed by atoms with Gasteiger partial charge in [-0.1, -0.05) is 158 Å². The fourth-order valence-electron chi connectivity index (χ4n) is 11.4. The van der Waals surface area contributed by atoms with Gasteiger partial charge in [-0.05, 0) is 76.8 Å². The molecular formula is C69H56F2N6O7. The molecule has 10 aromatic rings. The minimum Gasteiger partial charge on any atom is -0.478 e. The number of aromatic nitrogens is 2. The van der Waals surface area contributed by atoms with Gasteiger partial charge in [0, 0.05) is 86.7 Å². The molecule has 0 unspecified atom stereocenters. The second-order valence-corrected chi connectivity index (χ2v) is 21.0. The molecule has 3 aliphatic heterocycles. The number of nitrogens with zero attached hydrogens (tertiary/aromatic N) is 6. The summed E-state index contributed by atoms with van der Waals surface area (Å²) in [4.78, 5) is 71.7. The third-order valence-corrected chi connectivity index (χ3v) is 15.6. The molecule has 0 spiro atoms. The molecule has 8 aromatic carbocycles. The Labute approximate surface area is 483 Å². The zero-order valence-electron chi connectivity index (χ0n) is 45.8. The van der Waals surface area contributed by atoms with Crippen LogP contribution in [0.15, 0.2) is 207 Å². The van der Waals surface area contributed by atoms with Crippen molar-refractivity contribution in [2.45, 2.75) is 38.4 Å². The molecule has 13 nitrogen and oxygen atoms in total. The number of carbonyl (C=O) groups excluding carboxylic acids is 3. The molecule has 13 rings (SSSR count). The van der Waals surface area contributed by atoms with E-state index in [1.54, 1.807) is 58.6 Å². The predicted molar refractivity (Wildman–Crippen MR) is 315 cm³/mol. The maximum atomic E-state index is 14.4. The summed E-state index contributed by atoms with van der Waals surface area (Å²) < 4.78 is 40.8. The number of amides is 3. The quantitative estimate of drug-likeness (QED) is 0.112. The van der Waals surface area contributed by atoms with E-state index < -0.39 is 18.2 Å². The van der Waals surface area contributed by atoms with Gasteiger partial charge in [0.25, 0.3) is 17.7 Å². The number of rotatable bonds is 14. The molecule has 0 radical (unpaired) electrons. The summed E-state index contributed by atoms with van der Waals surface area (Å²) in [5.74, 6) is -1.96. The number of aromatic carboxylic acids is 1. The predicted octanol–water partition coefficient (Wildman–Crippen LogP) is 12.5. The molecule has 0 aliphatic carbocycles. The van der Waals surface area contributed by atoms with E-state index in [-0.39, 0.29) is 72.4 Å². The zero-order valence-corrected chi connectivity index (χ0v) is 45.8. The van der Waals surface area contributed by atoms with E-state index in [0.29, 0.717) is 62.9 Å². The lowest BCUT2D eigenvalue weighted by atomic mass is 9.94. The largest absolute Gasteiger partial charge is 0.478 e. The average Bonchev–Trinajstić information content (AvgIpc) is 2.29. The van der Waals surface area contributed by atoms with E-state index in [0.717, 1.165) is 46.5 Å². The van der Waals surface area contributed by atoms with E-state index in [9.17, 15) is 33.1 Å². The number of carboxylic acid groups (broad SMARTS) is 1. The van der Waals surface area contributed by atoms with Gasteiger partial charge in [0.1, 0.15) is 34.9 Å². The zero-order chi connectivity index (χ0) is 57.8. The number of ether oxygens (including phenoxy) is 2. The summed E-state index contributed by atoms with van der Waals surface area (Å²) in [6, 6.07) is 58.1. The number of benzene rings is 8. The first-order valence-electron chi connectivity index (χ1n) is 27.7. The highest BCUT2D eigenvalue weighted by molar-refractivity contribution is 6.16. The molecule has 0 saturated carbocycles. The number of halogens is 2. The molecule has 0 bridgehead atoms. The van der Waals surface area contributed by atoms with Crippen LogP contribution in [0, 0.1) is 11.6 Å². The van der Waals surface area contributed by atoms with Crippen LogP contribution in [-0.4, -0.2) is 91.6 Å². The third-order valence-electron chi connectivity index (χ3n) is 15.6. The van der Waals surface area contributed by atoms with E-state index in [1.165, 1.54) is 24.3 Å². The maximum Gasteiger partial charge on any atom is 0.336 e. The minimum atomic E-state index is -1.14. The Morgan fingerprint density at radius 1 is 0.500 bits per heavy atom. The molecule has 3 amide bonds. The Bertz CT molecular complexity index is 4000. The molecular weight excluding hydrogens is 1060 g/mol. The highest BCUT2D eigenvalue weighted by Gasteiger charge is 2.41. The first-order valence-corrected chi connectivity index (χ1v) is 27.7. The summed E-state index contributed by atoms with van der Waals surface area (Å²) in [5.41, 5.74) is 8.00. The van der Waals surface area contributed by atoms with Crippen molar-refractivity contribution in [1.82, 2.24) is 29.6 Å². The molecule has 84 heavy (non-hydrogen) atoms. The molecule has 1 saturated heterocycles. The van der Waals surface area contributed by atoms with Crippen LogP contribution >= 0.6 is 0 Å². The normalized spacial score (nSPS) is 14.0. The van der Waals surface area contributed by atoms with Gasteiger partial charge in [-0.2, -0.15) is 0 Å². The summed E-state index contributed by atoms with van der Waals surface area (Å²) in [6.45, 7) is 3.51. The van der Waals surface area contributed by atoms with Crippen LogP contribution in [-0.2, 0) is 26.2 Å². The van der Waals surface area contributed by atoms with Crippen molar-refractivity contribution in [1.29, 1.82) is 0 Å². The number of carboxylic acids is 1. The van der Waals surface area contributed by atoms with Crippen molar-refractivity contribution in [3.8, 4) is 11.5 Å². The number of carbonyl (C=O) groups is 4. The molecule has 1 N–H and O–H groups in total. The van der Waals surface area contributed by atoms with Crippen LogP contribution in [0.2, 0.25) is 0 Å². The van der Waals surface area contributed by atoms with Crippen molar-refractivity contribution in [3.63, 3.8) is 0 Å². The van der Waals surface area contributed by atoms with E-state index in [2.05, 4.69) is 9.88 Å². The van der Waals surface area contributed by atoms with Crippen molar-refractivity contribution < 1.29 is 42.5 Å². The van der Waals surface area contributed by atoms with Gasteiger partial charge in [0.2, 0.25) is 0 Å². The SMILES string of the molecule is CN1CCN(C(=O)c2c3c(c(OC(c4ccccc4)c4ccccc4)c4ncccc24)C(=O)N(Cc2ccc(F)cc2)C3)CC1.O=C(O)c1c2c(c(OC(c3ccccc3)c3ccccc3)c3ncccc13)C(=O)N(Cc1ccc(F)cc1)C2.